The minimum Gasteiger partial charge on any atom is -0.482 e. The summed E-state index contributed by atoms with van der Waals surface area (Å²) in [6, 6.07) is 15.2. The molecule has 1 aliphatic rings. The fraction of sp³-hybridized carbons (Fsp3) is 0.158. The molecule has 126 valence electrons. The minimum atomic E-state index is -0.177. The van der Waals surface area contributed by atoms with Crippen molar-refractivity contribution in [3.63, 3.8) is 0 Å². The van der Waals surface area contributed by atoms with Crippen LogP contribution in [-0.2, 0) is 18.4 Å². The third-order valence-electron chi connectivity index (χ3n) is 4.31. The van der Waals surface area contributed by atoms with Crippen molar-refractivity contribution in [1.29, 1.82) is 0 Å². The Balaban J connectivity index is 1.51. The maximum Gasteiger partial charge on any atom is 0.268 e. The van der Waals surface area contributed by atoms with E-state index in [4.69, 9.17) is 4.74 Å². The summed E-state index contributed by atoms with van der Waals surface area (Å²) in [7, 11) is 1.88. The first-order chi connectivity index (χ1) is 12.1. The predicted molar refractivity (Wildman–Crippen MR) is 94.7 cm³/mol. The van der Waals surface area contributed by atoms with Crippen LogP contribution in [0.1, 0.15) is 16.1 Å². The second-order valence-corrected chi connectivity index (χ2v) is 6.00. The van der Waals surface area contributed by atoms with E-state index in [1.807, 2.05) is 54.1 Å². The van der Waals surface area contributed by atoms with Crippen LogP contribution in [0.15, 0.2) is 48.5 Å². The average Bonchev–Trinajstić information content (AvgIpc) is 2.96. The van der Waals surface area contributed by atoms with Crippen molar-refractivity contribution in [3.8, 4) is 5.75 Å². The molecule has 0 saturated heterocycles. The molecular weight excluding hydrogens is 318 g/mol. The number of aryl methyl sites for hydroxylation is 1. The molecule has 0 spiro atoms. The molecule has 2 N–H and O–H groups in total. The number of hydrogen-bond acceptors (Lipinski definition) is 3. The Labute approximate surface area is 144 Å². The second kappa shape index (κ2) is 5.98. The molecule has 1 aliphatic heterocycles. The molecule has 4 rings (SSSR count). The number of carbonyl (C=O) groups excluding carboxylic acids is 2. The molecule has 2 aromatic carbocycles. The molecule has 0 bridgehead atoms. The van der Waals surface area contributed by atoms with Gasteiger partial charge in [0.15, 0.2) is 6.61 Å². The lowest BCUT2D eigenvalue weighted by Crippen LogP contribution is -2.26. The van der Waals surface area contributed by atoms with Crippen molar-refractivity contribution in [2.45, 2.75) is 6.54 Å². The summed E-state index contributed by atoms with van der Waals surface area (Å²) in [5, 5.41) is 6.72. The van der Waals surface area contributed by atoms with Crippen molar-refractivity contribution < 1.29 is 14.3 Å². The Morgan fingerprint density at radius 1 is 1.24 bits per heavy atom. The first kappa shape index (κ1) is 15.3. The van der Waals surface area contributed by atoms with Crippen LogP contribution in [0.3, 0.4) is 0 Å². The number of anilines is 1. The van der Waals surface area contributed by atoms with E-state index in [-0.39, 0.29) is 18.4 Å². The maximum atomic E-state index is 12.5. The predicted octanol–water partition coefficient (Wildman–Crippen LogP) is 2.44. The summed E-state index contributed by atoms with van der Waals surface area (Å²) in [5.41, 5.74) is 3.14. The van der Waals surface area contributed by atoms with Crippen molar-refractivity contribution in [1.82, 2.24) is 9.88 Å². The van der Waals surface area contributed by atoms with Crippen molar-refractivity contribution in [2.24, 2.45) is 7.05 Å². The summed E-state index contributed by atoms with van der Waals surface area (Å²) < 4.78 is 7.21. The molecule has 6 heteroatoms. The summed E-state index contributed by atoms with van der Waals surface area (Å²) >= 11 is 0. The zero-order valence-electron chi connectivity index (χ0n) is 13.7. The normalized spacial score (nSPS) is 13.1. The first-order valence-electron chi connectivity index (χ1n) is 8.00. The third kappa shape index (κ3) is 2.82. The molecule has 2 heterocycles. The number of fused-ring (bicyclic) bond motifs is 2. The number of para-hydroxylation sites is 1. The number of benzene rings is 2. The Morgan fingerprint density at radius 3 is 2.92 bits per heavy atom. The lowest BCUT2D eigenvalue weighted by Gasteiger charge is -2.18. The second-order valence-electron chi connectivity index (χ2n) is 6.00. The molecule has 0 radical (unpaired) electrons. The van der Waals surface area contributed by atoms with Crippen LogP contribution in [0.2, 0.25) is 0 Å². The molecule has 1 aromatic heterocycles. The van der Waals surface area contributed by atoms with Gasteiger partial charge in [0.2, 0.25) is 0 Å². The number of hydrogen-bond donors (Lipinski definition) is 2. The summed E-state index contributed by atoms with van der Waals surface area (Å²) in [5.74, 6) is 0.323. The summed E-state index contributed by atoms with van der Waals surface area (Å²) in [4.78, 5) is 23.9. The van der Waals surface area contributed by atoms with E-state index in [0.717, 1.165) is 16.5 Å². The minimum absolute atomic E-state index is 0.0319. The van der Waals surface area contributed by atoms with Crippen LogP contribution < -0.4 is 15.4 Å². The Hall–Kier alpha value is -3.28. The number of nitrogens with zero attached hydrogens (tertiary/aromatic N) is 1. The fourth-order valence-corrected chi connectivity index (χ4v) is 3.02. The van der Waals surface area contributed by atoms with Crippen molar-refractivity contribution in [2.75, 3.05) is 11.9 Å². The standard InChI is InChI=1S/C19H17N3O3/c1-22-15-5-3-2-4-13(15)9-16(22)19(24)20-10-12-6-7-17-14(8-12)21-18(23)11-25-17/h2-9H,10-11H2,1H3,(H,20,24)(H,21,23). The third-order valence-corrected chi connectivity index (χ3v) is 4.31. The molecule has 0 fully saturated rings. The number of rotatable bonds is 3. The van der Waals surface area contributed by atoms with Gasteiger partial charge in [-0.25, -0.2) is 0 Å². The van der Waals surface area contributed by atoms with E-state index < -0.39 is 0 Å². The van der Waals surface area contributed by atoms with E-state index in [9.17, 15) is 9.59 Å². The highest BCUT2D eigenvalue weighted by molar-refractivity contribution is 5.98. The topological polar surface area (TPSA) is 72.4 Å². The zero-order chi connectivity index (χ0) is 17.4. The van der Waals surface area contributed by atoms with E-state index in [1.165, 1.54) is 0 Å². The van der Waals surface area contributed by atoms with E-state index in [1.54, 1.807) is 6.07 Å². The number of aromatic nitrogens is 1. The number of amides is 2. The highest BCUT2D eigenvalue weighted by atomic mass is 16.5. The molecule has 6 nitrogen and oxygen atoms in total. The zero-order valence-corrected chi connectivity index (χ0v) is 13.7. The van der Waals surface area contributed by atoms with Gasteiger partial charge >= 0.3 is 0 Å². The van der Waals surface area contributed by atoms with Gasteiger partial charge in [-0.2, -0.15) is 0 Å². The van der Waals surface area contributed by atoms with Gasteiger partial charge in [-0.15, -0.1) is 0 Å². The monoisotopic (exact) mass is 335 g/mol. The molecule has 3 aromatic rings. The van der Waals surface area contributed by atoms with Crippen molar-refractivity contribution in [3.05, 3.63) is 59.8 Å². The molecule has 25 heavy (non-hydrogen) atoms. The number of carbonyl (C=O) groups is 2. The molecule has 0 unspecified atom stereocenters. The number of ether oxygens (including phenoxy) is 1. The Bertz CT molecular complexity index is 991. The quantitative estimate of drug-likeness (QED) is 0.772. The van der Waals surface area contributed by atoms with Gasteiger partial charge in [0.1, 0.15) is 11.4 Å². The van der Waals surface area contributed by atoms with Gasteiger partial charge in [-0.05, 0) is 29.8 Å². The highest BCUT2D eigenvalue weighted by Gasteiger charge is 2.17. The molecule has 0 saturated carbocycles. The van der Waals surface area contributed by atoms with Crippen LogP contribution in [0.4, 0.5) is 5.69 Å². The van der Waals surface area contributed by atoms with Gasteiger partial charge < -0.3 is 19.9 Å². The smallest absolute Gasteiger partial charge is 0.268 e. The highest BCUT2D eigenvalue weighted by Crippen LogP contribution is 2.28. The molecular formula is C19H17N3O3. The van der Waals surface area contributed by atoms with Crippen LogP contribution in [0.25, 0.3) is 10.9 Å². The Morgan fingerprint density at radius 2 is 2.08 bits per heavy atom. The van der Waals surface area contributed by atoms with Gasteiger partial charge in [0.25, 0.3) is 11.8 Å². The van der Waals surface area contributed by atoms with E-state index in [0.29, 0.717) is 23.7 Å². The van der Waals surface area contributed by atoms with Gasteiger partial charge in [-0.3, -0.25) is 9.59 Å². The molecule has 2 amide bonds. The Kier molecular flexibility index (Phi) is 3.65. The fourth-order valence-electron chi connectivity index (χ4n) is 3.02. The van der Waals surface area contributed by atoms with E-state index >= 15 is 0 Å². The van der Waals surface area contributed by atoms with Gasteiger partial charge in [0, 0.05) is 24.5 Å². The lowest BCUT2D eigenvalue weighted by atomic mass is 10.1. The molecule has 0 atom stereocenters. The van der Waals surface area contributed by atoms with E-state index in [2.05, 4.69) is 10.6 Å². The largest absolute Gasteiger partial charge is 0.482 e. The molecule has 0 aliphatic carbocycles. The van der Waals surface area contributed by atoms with Gasteiger partial charge in [0.05, 0.1) is 5.69 Å². The lowest BCUT2D eigenvalue weighted by molar-refractivity contribution is -0.118. The van der Waals surface area contributed by atoms with Crippen LogP contribution in [0.5, 0.6) is 5.75 Å². The number of nitrogens with one attached hydrogen (secondary N) is 2. The van der Waals surface area contributed by atoms with Crippen LogP contribution in [0, 0.1) is 0 Å². The average molecular weight is 335 g/mol. The summed E-state index contributed by atoms with van der Waals surface area (Å²) in [6.45, 7) is 0.396. The van der Waals surface area contributed by atoms with Gasteiger partial charge in [-0.1, -0.05) is 24.3 Å². The maximum absolute atomic E-state index is 12.5. The van der Waals surface area contributed by atoms with Crippen LogP contribution >= 0.6 is 0 Å². The summed E-state index contributed by atoms with van der Waals surface area (Å²) in [6.07, 6.45) is 0. The first-order valence-corrected chi connectivity index (χ1v) is 8.00. The van der Waals surface area contributed by atoms with Crippen LogP contribution in [-0.4, -0.2) is 23.0 Å². The SMILES string of the molecule is Cn1c(C(=O)NCc2ccc3c(c2)NC(=O)CO3)cc2ccccc21. The van der Waals surface area contributed by atoms with Crippen molar-refractivity contribution >= 4 is 28.4 Å².